The Kier molecular flexibility index (Phi) is 5.47. The first-order chi connectivity index (χ1) is 12.7. The van der Waals surface area contributed by atoms with Crippen molar-refractivity contribution in [1.29, 1.82) is 0 Å². The second-order valence-electron chi connectivity index (χ2n) is 7.15. The molecule has 1 aliphatic heterocycles. The summed E-state index contributed by atoms with van der Waals surface area (Å²) in [6.45, 7) is 5.65. The third-order valence-corrected chi connectivity index (χ3v) is 5.42. The van der Waals surface area contributed by atoms with Crippen molar-refractivity contribution in [2.45, 2.75) is 32.4 Å². The van der Waals surface area contributed by atoms with Crippen molar-refractivity contribution >= 4 is 46.4 Å². The monoisotopic (exact) mass is 406 g/mol. The number of carbonyl (C=O) groups excluding carboxylic acids is 2. The largest absolute Gasteiger partial charge is 0.332 e. The van der Waals surface area contributed by atoms with Crippen molar-refractivity contribution in [3.8, 4) is 0 Å². The van der Waals surface area contributed by atoms with Crippen LogP contribution in [0.15, 0.2) is 42.5 Å². The summed E-state index contributed by atoms with van der Waals surface area (Å²) < 4.78 is 0. The van der Waals surface area contributed by atoms with E-state index < -0.39 is 5.54 Å². The summed E-state index contributed by atoms with van der Waals surface area (Å²) in [7, 11) is 0. The number of carbonyl (C=O) groups is 2. The lowest BCUT2D eigenvalue weighted by atomic mass is 9.96. The molecule has 2 aromatic carbocycles. The molecule has 0 radical (unpaired) electrons. The minimum atomic E-state index is -0.972. The lowest BCUT2D eigenvalue weighted by molar-refractivity contribution is -0.682. The average molecular weight is 407 g/mol. The van der Waals surface area contributed by atoms with Crippen LogP contribution in [0.1, 0.15) is 32.4 Å². The van der Waals surface area contributed by atoms with Gasteiger partial charge in [0.05, 0.1) is 16.4 Å². The highest BCUT2D eigenvalue weighted by atomic mass is 35.5. The van der Waals surface area contributed by atoms with Crippen LogP contribution in [0.3, 0.4) is 0 Å². The molecule has 0 aromatic heterocycles. The molecule has 142 valence electrons. The molecule has 1 atom stereocenters. The highest BCUT2D eigenvalue weighted by Gasteiger charge is 2.43. The Labute approximate surface area is 168 Å². The second kappa shape index (κ2) is 7.50. The van der Waals surface area contributed by atoms with E-state index >= 15 is 0 Å². The van der Waals surface area contributed by atoms with Gasteiger partial charge >= 0.3 is 0 Å². The van der Waals surface area contributed by atoms with Crippen LogP contribution in [0.2, 0.25) is 10.0 Å². The van der Waals surface area contributed by atoms with Gasteiger partial charge in [-0.1, -0.05) is 41.4 Å². The van der Waals surface area contributed by atoms with Gasteiger partial charge in [0.1, 0.15) is 11.6 Å². The van der Waals surface area contributed by atoms with Gasteiger partial charge in [-0.3, -0.25) is 14.5 Å². The molecular formula is C20H22Cl2N3O2+. The fraction of sp³-hybridized carbons (Fsp3) is 0.300. The van der Waals surface area contributed by atoms with Gasteiger partial charge in [-0.2, -0.15) is 0 Å². The van der Waals surface area contributed by atoms with Crippen LogP contribution in [-0.4, -0.2) is 23.9 Å². The first-order valence-electron chi connectivity index (χ1n) is 8.73. The van der Waals surface area contributed by atoms with E-state index in [-0.39, 0.29) is 24.4 Å². The molecule has 0 unspecified atom stereocenters. The van der Waals surface area contributed by atoms with Crippen molar-refractivity contribution in [3.63, 3.8) is 0 Å². The molecule has 2 amide bonds. The molecular weight excluding hydrogens is 385 g/mol. The fourth-order valence-corrected chi connectivity index (χ4v) is 3.85. The molecule has 3 rings (SSSR count). The van der Waals surface area contributed by atoms with Gasteiger partial charge in [0.15, 0.2) is 6.54 Å². The van der Waals surface area contributed by atoms with Gasteiger partial charge in [-0.05, 0) is 45.0 Å². The standard InChI is InChI=1S/C20H21Cl2N3O2/c1-12(14-9-8-13(21)10-15(14)22)23-11-18(26)25-17-7-5-4-6-16(17)24-19(27)20(25,2)3/h4-10,12,23H,11H2,1-3H3,(H,24,27)/p+1/t12-/m1/s1. The number of nitrogens with zero attached hydrogens (tertiary/aromatic N) is 1. The van der Waals surface area contributed by atoms with Gasteiger partial charge in [0.25, 0.3) is 5.91 Å². The van der Waals surface area contributed by atoms with E-state index in [1.807, 2.05) is 36.5 Å². The second-order valence-corrected chi connectivity index (χ2v) is 8.00. The number of anilines is 2. The van der Waals surface area contributed by atoms with E-state index in [4.69, 9.17) is 23.2 Å². The summed E-state index contributed by atoms with van der Waals surface area (Å²) in [5.41, 5.74) is 1.28. The smallest absolute Gasteiger partial charge is 0.283 e. The predicted molar refractivity (Wildman–Crippen MR) is 108 cm³/mol. The zero-order valence-corrected chi connectivity index (χ0v) is 16.9. The zero-order valence-electron chi connectivity index (χ0n) is 15.4. The lowest BCUT2D eigenvalue weighted by Crippen LogP contribution is -2.87. The molecule has 0 bridgehead atoms. The summed E-state index contributed by atoms with van der Waals surface area (Å²) in [5.74, 6) is -0.345. The van der Waals surface area contributed by atoms with E-state index in [2.05, 4.69) is 5.32 Å². The first-order valence-corrected chi connectivity index (χ1v) is 9.49. The summed E-state index contributed by atoms with van der Waals surface area (Å²) in [6.07, 6.45) is 0. The third-order valence-electron chi connectivity index (χ3n) is 4.86. The van der Waals surface area contributed by atoms with E-state index in [1.54, 1.807) is 36.9 Å². The molecule has 7 heteroatoms. The Morgan fingerprint density at radius 1 is 1.22 bits per heavy atom. The normalized spacial score (nSPS) is 16.5. The Bertz CT molecular complexity index is 899. The zero-order chi connectivity index (χ0) is 19.8. The Balaban J connectivity index is 1.80. The van der Waals surface area contributed by atoms with E-state index in [0.29, 0.717) is 21.4 Å². The molecule has 0 fully saturated rings. The molecule has 27 heavy (non-hydrogen) atoms. The van der Waals surface area contributed by atoms with Crippen LogP contribution in [-0.2, 0) is 9.59 Å². The number of amides is 2. The van der Waals surface area contributed by atoms with Crippen LogP contribution >= 0.6 is 23.2 Å². The van der Waals surface area contributed by atoms with Gasteiger partial charge in [-0.25, -0.2) is 0 Å². The number of hydrogen-bond acceptors (Lipinski definition) is 2. The third kappa shape index (κ3) is 3.81. The first kappa shape index (κ1) is 19.7. The van der Waals surface area contributed by atoms with Crippen molar-refractivity contribution in [1.82, 2.24) is 0 Å². The van der Waals surface area contributed by atoms with Gasteiger partial charge in [0.2, 0.25) is 5.91 Å². The SMILES string of the molecule is C[C@@H]([NH2+]CC(=O)N1c2ccccc2NC(=O)C1(C)C)c1ccc(Cl)cc1Cl. The maximum Gasteiger partial charge on any atom is 0.283 e. The molecule has 0 saturated carbocycles. The van der Waals surface area contributed by atoms with Crippen LogP contribution < -0.4 is 15.5 Å². The highest BCUT2D eigenvalue weighted by Crippen LogP contribution is 2.36. The minimum Gasteiger partial charge on any atom is -0.332 e. The summed E-state index contributed by atoms with van der Waals surface area (Å²) in [6, 6.07) is 12.6. The van der Waals surface area contributed by atoms with Crippen LogP contribution in [0.5, 0.6) is 0 Å². The molecule has 2 aromatic rings. The highest BCUT2D eigenvalue weighted by molar-refractivity contribution is 6.35. The number of quaternary nitrogens is 1. The molecule has 0 spiro atoms. The number of para-hydroxylation sites is 2. The number of nitrogens with two attached hydrogens (primary N) is 1. The Morgan fingerprint density at radius 3 is 2.63 bits per heavy atom. The average Bonchev–Trinajstić information content (AvgIpc) is 2.60. The van der Waals surface area contributed by atoms with Crippen molar-refractivity contribution in [2.24, 2.45) is 0 Å². The molecule has 3 N–H and O–H groups in total. The fourth-order valence-electron chi connectivity index (χ4n) is 3.26. The van der Waals surface area contributed by atoms with Gasteiger partial charge in [0, 0.05) is 10.6 Å². The van der Waals surface area contributed by atoms with Gasteiger partial charge < -0.3 is 10.6 Å². The Morgan fingerprint density at radius 2 is 1.93 bits per heavy atom. The number of hydrogen-bond donors (Lipinski definition) is 2. The summed E-state index contributed by atoms with van der Waals surface area (Å²) in [5, 5.41) is 5.92. The number of benzene rings is 2. The Hall–Kier alpha value is -2.08. The quantitative estimate of drug-likeness (QED) is 0.816. The molecule has 1 heterocycles. The topological polar surface area (TPSA) is 66.0 Å². The van der Waals surface area contributed by atoms with Crippen LogP contribution in [0.25, 0.3) is 0 Å². The maximum atomic E-state index is 13.1. The maximum absolute atomic E-state index is 13.1. The van der Waals surface area contributed by atoms with Crippen molar-refractivity contribution in [3.05, 3.63) is 58.1 Å². The van der Waals surface area contributed by atoms with Crippen molar-refractivity contribution in [2.75, 3.05) is 16.8 Å². The van der Waals surface area contributed by atoms with Gasteiger partial charge in [-0.15, -0.1) is 0 Å². The predicted octanol–water partition coefficient (Wildman–Crippen LogP) is 3.38. The van der Waals surface area contributed by atoms with E-state index in [1.165, 1.54) is 0 Å². The number of fused-ring (bicyclic) bond motifs is 1. The minimum absolute atomic E-state index is 0.0318. The van der Waals surface area contributed by atoms with E-state index in [9.17, 15) is 9.59 Å². The lowest BCUT2D eigenvalue weighted by Gasteiger charge is -2.41. The van der Waals surface area contributed by atoms with Crippen LogP contribution in [0, 0.1) is 0 Å². The molecule has 5 nitrogen and oxygen atoms in total. The summed E-state index contributed by atoms with van der Waals surface area (Å²) >= 11 is 12.2. The van der Waals surface area contributed by atoms with E-state index in [0.717, 1.165) is 5.56 Å². The summed E-state index contributed by atoms with van der Waals surface area (Å²) in [4.78, 5) is 27.1. The number of nitrogens with one attached hydrogen (secondary N) is 1. The number of rotatable bonds is 4. The van der Waals surface area contributed by atoms with Crippen molar-refractivity contribution < 1.29 is 14.9 Å². The number of halogens is 2. The van der Waals surface area contributed by atoms with Crippen LogP contribution in [0.4, 0.5) is 11.4 Å². The molecule has 1 aliphatic rings. The molecule has 0 saturated heterocycles. The molecule has 0 aliphatic carbocycles.